The largest absolute Gasteiger partial charge is 0.444 e. The molecule has 0 radical (unpaired) electrons. The third-order valence-corrected chi connectivity index (χ3v) is 8.82. The number of benzene rings is 1. The van der Waals surface area contributed by atoms with Gasteiger partial charge in [-0.1, -0.05) is 42.7 Å². The topological polar surface area (TPSA) is 134 Å². The Morgan fingerprint density at radius 3 is 2.51 bits per heavy atom. The second kappa shape index (κ2) is 12.8. The number of fused-ring (bicyclic) bond motifs is 2. The third-order valence-electron chi connectivity index (χ3n) is 7.75. The number of allylic oxidation sites excluding steroid dienone is 1. The van der Waals surface area contributed by atoms with Crippen molar-refractivity contribution in [3.8, 4) is 0 Å². The fraction of sp³-hybridized carbons (Fsp3) is 0.600. The van der Waals surface area contributed by atoms with E-state index in [2.05, 4.69) is 15.4 Å². The van der Waals surface area contributed by atoms with Gasteiger partial charge in [0, 0.05) is 12.5 Å². The fourth-order valence-corrected chi connectivity index (χ4v) is 6.29. The van der Waals surface area contributed by atoms with Crippen LogP contribution in [-0.2, 0) is 30.1 Å². The third kappa shape index (κ3) is 7.75. The van der Waals surface area contributed by atoms with Crippen LogP contribution in [-0.4, -0.2) is 62.7 Å². The number of nitrogens with zero attached hydrogens (tertiary/aromatic N) is 1. The Labute approximate surface area is 244 Å². The Bertz CT molecular complexity index is 1210. The van der Waals surface area contributed by atoms with Crippen molar-refractivity contribution in [3.05, 3.63) is 42.0 Å². The molecule has 2 fully saturated rings. The normalized spacial score (nSPS) is 28.6. The molecule has 1 saturated carbocycles. The van der Waals surface area contributed by atoms with Crippen LogP contribution in [0.2, 0.25) is 0 Å². The Kier molecular flexibility index (Phi) is 9.56. The van der Waals surface area contributed by atoms with Crippen LogP contribution >= 0.6 is 0 Å². The van der Waals surface area contributed by atoms with Crippen LogP contribution < -0.4 is 15.4 Å². The smallest absolute Gasteiger partial charge is 0.408 e. The van der Waals surface area contributed by atoms with E-state index in [0.717, 1.165) is 31.2 Å². The van der Waals surface area contributed by atoms with Crippen LogP contribution in [0, 0.1) is 12.8 Å². The zero-order chi connectivity index (χ0) is 29.8. The number of aryl methyl sites for hydroxylation is 1. The molecule has 41 heavy (non-hydrogen) atoms. The molecular formula is C30H42N4O6S. The molecule has 224 valence electrons. The molecule has 4 rings (SSSR count). The minimum Gasteiger partial charge on any atom is -0.444 e. The number of carbonyl (C=O) groups excluding carboxylic acids is 4. The Hall–Kier alpha value is -3.21. The average molecular weight is 587 g/mol. The van der Waals surface area contributed by atoms with E-state index in [4.69, 9.17) is 4.74 Å². The van der Waals surface area contributed by atoms with Crippen LogP contribution in [0.3, 0.4) is 0 Å². The van der Waals surface area contributed by atoms with Gasteiger partial charge in [0.1, 0.15) is 23.2 Å². The zero-order valence-corrected chi connectivity index (χ0v) is 25.2. The molecule has 1 saturated heterocycles. The molecule has 1 aliphatic carbocycles. The summed E-state index contributed by atoms with van der Waals surface area (Å²) in [5.41, 5.74) is -0.940. The van der Waals surface area contributed by atoms with Crippen molar-refractivity contribution in [2.45, 2.75) is 107 Å². The van der Waals surface area contributed by atoms with Crippen molar-refractivity contribution in [1.29, 1.82) is 0 Å². The van der Waals surface area contributed by atoms with Crippen molar-refractivity contribution >= 4 is 34.8 Å². The summed E-state index contributed by atoms with van der Waals surface area (Å²) in [7, 11) is -1.79. The molecule has 0 aromatic heterocycles. The summed E-state index contributed by atoms with van der Waals surface area (Å²) in [5, 5.41) is 5.67. The Morgan fingerprint density at radius 2 is 1.80 bits per heavy atom. The molecule has 5 atom stereocenters. The monoisotopic (exact) mass is 586 g/mol. The number of amides is 4. The summed E-state index contributed by atoms with van der Waals surface area (Å²) in [6.45, 7) is 7.57. The van der Waals surface area contributed by atoms with Gasteiger partial charge in [0.25, 0.3) is 5.91 Å². The highest BCUT2D eigenvalue weighted by Gasteiger charge is 2.61. The summed E-state index contributed by atoms with van der Waals surface area (Å²) < 4.78 is 20.9. The van der Waals surface area contributed by atoms with Gasteiger partial charge in [-0.15, -0.1) is 0 Å². The first-order valence-electron chi connectivity index (χ1n) is 14.5. The predicted octanol–water partition coefficient (Wildman–Crippen LogP) is 3.41. The minimum absolute atomic E-state index is 0.237. The van der Waals surface area contributed by atoms with Gasteiger partial charge < -0.3 is 20.3 Å². The maximum Gasteiger partial charge on any atom is 0.408 e. The highest BCUT2D eigenvalue weighted by molar-refractivity contribution is 7.83. The molecule has 3 N–H and O–H groups in total. The fourth-order valence-electron chi connectivity index (χ4n) is 5.44. The summed E-state index contributed by atoms with van der Waals surface area (Å²) in [6, 6.07) is 5.46. The number of hydrogen-bond acceptors (Lipinski definition) is 6. The lowest BCUT2D eigenvalue weighted by Crippen LogP contribution is -2.58. The van der Waals surface area contributed by atoms with Crippen LogP contribution in [0.25, 0.3) is 0 Å². The van der Waals surface area contributed by atoms with E-state index in [9.17, 15) is 23.4 Å². The van der Waals surface area contributed by atoms with Crippen LogP contribution in [0.4, 0.5) is 4.79 Å². The quantitative estimate of drug-likeness (QED) is 0.463. The molecular weight excluding hydrogens is 544 g/mol. The van der Waals surface area contributed by atoms with Crippen molar-refractivity contribution in [1.82, 2.24) is 20.3 Å². The van der Waals surface area contributed by atoms with Gasteiger partial charge in [0.2, 0.25) is 11.8 Å². The van der Waals surface area contributed by atoms with Crippen molar-refractivity contribution < 1.29 is 28.1 Å². The number of alkyl carbamates (subject to hydrolysis) is 1. The number of hydrogen-bond donors (Lipinski definition) is 3. The summed E-state index contributed by atoms with van der Waals surface area (Å²) in [6.07, 6.45) is 8.45. The first kappa shape index (κ1) is 30.7. The lowest BCUT2D eigenvalue weighted by molar-refractivity contribution is -0.141. The average Bonchev–Trinajstić information content (AvgIpc) is 3.35. The van der Waals surface area contributed by atoms with Crippen LogP contribution in [0.1, 0.15) is 77.7 Å². The number of ether oxygens (including phenoxy) is 1. The first-order valence-corrected chi connectivity index (χ1v) is 15.6. The van der Waals surface area contributed by atoms with Gasteiger partial charge in [0.05, 0.1) is 4.90 Å². The molecule has 1 aromatic rings. The Morgan fingerprint density at radius 1 is 1.07 bits per heavy atom. The number of nitrogens with one attached hydrogen (secondary N) is 3. The van der Waals surface area contributed by atoms with Gasteiger partial charge in [-0.25, -0.2) is 9.00 Å². The second-order valence-corrected chi connectivity index (χ2v) is 13.5. The lowest BCUT2D eigenvalue weighted by atomic mass is 10.0. The summed E-state index contributed by atoms with van der Waals surface area (Å²) in [5.74, 6) is -1.50. The van der Waals surface area contributed by atoms with Gasteiger partial charge in [0.15, 0.2) is 11.0 Å². The highest BCUT2D eigenvalue weighted by Crippen LogP contribution is 2.45. The first-order chi connectivity index (χ1) is 19.4. The Balaban J connectivity index is 1.53. The van der Waals surface area contributed by atoms with E-state index in [1.54, 1.807) is 32.9 Å². The number of rotatable bonds is 4. The molecule has 1 aromatic carbocycles. The van der Waals surface area contributed by atoms with Crippen molar-refractivity contribution in [2.75, 3.05) is 6.54 Å². The van der Waals surface area contributed by atoms with Gasteiger partial charge >= 0.3 is 6.09 Å². The van der Waals surface area contributed by atoms with Gasteiger partial charge in [-0.2, -0.15) is 0 Å². The van der Waals surface area contributed by atoms with E-state index < -0.39 is 52.1 Å². The van der Waals surface area contributed by atoms with Gasteiger partial charge in [-0.05, 0) is 78.4 Å². The SMILES string of the molecule is Cc1ccc([S@@](=O)NC(=O)C23CC2/C=C\CCCCCC(NC(=O)OC(C)(C)C)C(=O)N2CCCC2C(=O)N3)cc1. The predicted molar refractivity (Wildman–Crippen MR) is 155 cm³/mol. The van der Waals surface area contributed by atoms with E-state index in [1.807, 2.05) is 31.2 Å². The lowest BCUT2D eigenvalue weighted by Gasteiger charge is -2.30. The molecule has 2 heterocycles. The molecule has 4 amide bonds. The second-order valence-electron chi connectivity index (χ2n) is 12.2. The molecule has 11 heteroatoms. The summed E-state index contributed by atoms with van der Waals surface area (Å²) in [4.78, 5) is 55.4. The van der Waals surface area contributed by atoms with E-state index in [-0.39, 0.29) is 11.8 Å². The van der Waals surface area contributed by atoms with E-state index in [1.165, 1.54) is 4.90 Å². The maximum absolute atomic E-state index is 13.7. The van der Waals surface area contributed by atoms with E-state index >= 15 is 0 Å². The number of carbonyl (C=O) groups is 4. The van der Waals surface area contributed by atoms with E-state index in [0.29, 0.717) is 37.1 Å². The van der Waals surface area contributed by atoms with Crippen molar-refractivity contribution in [3.63, 3.8) is 0 Å². The minimum atomic E-state index is -1.79. The maximum atomic E-state index is 13.7. The molecule has 0 spiro atoms. The standard InChI is InChI=1S/C30H42N4O6S/c1-20-14-16-22(17-15-20)41(39)33-27(37)30-19-21(30)11-8-6-5-7-9-12-23(31-28(38)40-29(2,3)4)26(36)34-18-10-13-24(34)25(35)32-30/h8,11,14-17,21,23-24H,5-7,9-10,12-13,18-19H2,1-4H3,(H,31,38)(H,32,35)(H,33,37)/b11-8-/t21?,23?,24?,30?,41-/m1/s1. The van der Waals surface area contributed by atoms with Crippen LogP contribution in [0.5, 0.6) is 0 Å². The molecule has 3 aliphatic rings. The molecule has 0 bridgehead atoms. The summed E-state index contributed by atoms with van der Waals surface area (Å²) >= 11 is 0. The molecule has 10 nitrogen and oxygen atoms in total. The zero-order valence-electron chi connectivity index (χ0n) is 24.4. The van der Waals surface area contributed by atoms with Crippen LogP contribution in [0.15, 0.2) is 41.3 Å². The highest BCUT2D eigenvalue weighted by atomic mass is 32.2. The van der Waals surface area contributed by atoms with Gasteiger partial charge in [-0.3, -0.25) is 19.1 Å². The molecule has 2 aliphatic heterocycles. The van der Waals surface area contributed by atoms with Crippen molar-refractivity contribution in [2.24, 2.45) is 5.92 Å². The molecule has 4 unspecified atom stereocenters.